The molecule has 0 aliphatic rings. The molecule has 0 radical (unpaired) electrons. The van der Waals surface area contributed by atoms with Crippen LogP contribution in [0.15, 0.2) is 0 Å². The van der Waals surface area contributed by atoms with Crippen LogP contribution in [0, 0.1) is 0 Å². The minimum Gasteiger partial charge on any atom is -1.00 e. The van der Waals surface area contributed by atoms with Crippen molar-refractivity contribution in [1.29, 1.82) is 0 Å². The smallest absolute Gasteiger partial charge is 1.00 e. The molecule has 124 valence electrons. The molecule has 12 heteroatoms. The summed E-state index contributed by atoms with van der Waals surface area (Å²) in [6.45, 7) is -2.25. The number of hydrogen-bond acceptors (Lipinski definition) is 6. The van der Waals surface area contributed by atoms with Crippen molar-refractivity contribution in [2.75, 3.05) is 39.3 Å². The summed E-state index contributed by atoms with van der Waals surface area (Å²) in [5.74, 6) is -4.91. The molecule has 0 heterocycles. The van der Waals surface area contributed by atoms with E-state index in [-0.39, 0.29) is 61.1 Å². The van der Waals surface area contributed by atoms with Gasteiger partial charge in [0.1, 0.15) is 0 Å². The van der Waals surface area contributed by atoms with Crippen molar-refractivity contribution in [3.05, 3.63) is 0 Å². The van der Waals surface area contributed by atoms with Gasteiger partial charge in [0.15, 0.2) is 0 Å². The van der Waals surface area contributed by atoms with Gasteiger partial charge >= 0.3 is 53.4 Å². The Labute approximate surface area is 160 Å². The standard InChI is InChI=1S/C10H16N2O8.Fe.Na.H/c13-7(14)3-11(4-8(15)16)1-2-12(5-9(17)18)6-10(19)20;;;/h1-6H2,(H,13,14)(H,15,16)(H,17,18)(H,19,20);;;/q;;+1;-1. The van der Waals surface area contributed by atoms with E-state index in [1.54, 1.807) is 0 Å². The maximum absolute atomic E-state index is 10.6. The van der Waals surface area contributed by atoms with Crippen molar-refractivity contribution >= 4 is 23.9 Å². The molecular formula is C10H17FeN2NaO8. The second-order valence-corrected chi connectivity index (χ2v) is 4.00. The van der Waals surface area contributed by atoms with E-state index in [1.807, 2.05) is 0 Å². The van der Waals surface area contributed by atoms with Gasteiger partial charge in [0.05, 0.1) is 26.2 Å². The first-order chi connectivity index (χ1) is 9.20. The zero-order chi connectivity index (χ0) is 15.7. The quantitative estimate of drug-likeness (QED) is 0.259. The minimum atomic E-state index is -1.23. The molecule has 0 spiro atoms. The van der Waals surface area contributed by atoms with Crippen molar-refractivity contribution in [1.82, 2.24) is 9.80 Å². The van der Waals surface area contributed by atoms with Crippen molar-refractivity contribution in [2.24, 2.45) is 0 Å². The Kier molecular flexibility index (Phi) is 16.6. The molecule has 0 bridgehead atoms. The molecule has 0 aromatic carbocycles. The second-order valence-electron chi connectivity index (χ2n) is 4.00. The Morgan fingerprint density at radius 3 is 0.955 bits per heavy atom. The van der Waals surface area contributed by atoms with Crippen LogP contribution in [0.5, 0.6) is 0 Å². The molecule has 10 nitrogen and oxygen atoms in total. The molecule has 0 unspecified atom stereocenters. The Morgan fingerprint density at radius 1 is 0.636 bits per heavy atom. The number of nitrogens with zero attached hydrogens (tertiary/aromatic N) is 2. The summed E-state index contributed by atoms with van der Waals surface area (Å²) in [6, 6.07) is 0. The van der Waals surface area contributed by atoms with Gasteiger partial charge in [0, 0.05) is 30.2 Å². The van der Waals surface area contributed by atoms with Crippen LogP contribution >= 0.6 is 0 Å². The van der Waals surface area contributed by atoms with Gasteiger partial charge in [-0.3, -0.25) is 29.0 Å². The van der Waals surface area contributed by atoms with Gasteiger partial charge in [-0.05, 0) is 0 Å². The Bertz CT molecular complexity index is 333. The molecule has 0 aliphatic carbocycles. The maximum Gasteiger partial charge on any atom is 1.00 e. The molecule has 0 fully saturated rings. The number of carbonyl (C=O) groups is 4. The summed E-state index contributed by atoms with van der Waals surface area (Å²) >= 11 is 0. The zero-order valence-electron chi connectivity index (χ0n) is 12.9. The van der Waals surface area contributed by atoms with Gasteiger partial charge in [-0.25, -0.2) is 0 Å². The average Bonchev–Trinajstić information content (AvgIpc) is 2.22. The van der Waals surface area contributed by atoms with Crippen molar-refractivity contribution in [3.63, 3.8) is 0 Å². The average molecular weight is 372 g/mol. The first-order valence-corrected chi connectivity index (χ1v) is 5.52. The molecule has 4 N–H and O–H groups in total. The van der Waals surface area contributed by atoms with Crippen LogP contribution in [0.2, 0.25) is 0 Å². The number of rotatable bonds is 11. The third-order valence-electron chi connectivity index (χ3n) is 2.17. The van der Waals surface area contributed by atoms with E-state index >= 15 is 0 Å². The van der Waals surface area contributed by atoms with E-state index in [9.17, 15) is 19.2 Å². The second kappa shape index (κ2) is 13.9. The fourth-order valence-electron chi connectivity index (χ4n) is 1.48. The van der Waals surface area contributed by atoms with Gasteiger partial charge in [0.25, 0.3) is 0 Å². The number of carboxylic acid groups (broad SMARTS) is 4. The Hall–Kier alpha value is -0.681. The predicted molar refractivity (Wildman–Crippen MR) is 64.5 cm³/mol. The fraction of sp³-hybridized carbons (Fsp3) is 0.600. The molecule has 0 aromatic heterocycles. The number of aliphatic carboxylic acids is 4. The summed E-state index contributed by atoms with van der Waals surface area (Å²) in [6.07, 6.45) is 0. The van der Waals surface area contributed by atoms with Crippen LogP contribution in [-0.4, -0.2) is 93.4 Å². The summed E-state index contributed by atoms with van der Waals surface area (Å²) < 4.78 is 0. The van der Waals surface area contributed by atoms with E-state index in [0.717, 1.165) is 9.80 Å². The predicted octanol–water partition coefficient (Wildman–Crippen LogP) is -4.96. The summed E-state index contributed by atoms with van der Waals surface area (Å²) in [7, 11) is 0. The van der Waals surface area contributed by atoms with Crippen LogP contribution in [-0.2, 0) is 36.2 Å². The zero-order valence-corrected chi connectivity index (χ0v) is 15.0. The molecule has 0 saturated heterocycles. The van der Waals surface area contributed by atoms with Crippen molar-refractivity contribution in [2.45, 2.75) is 0 Å². The van der Waals surface area contributed by atoms with Crippen molar-refractivity contribution < 1.29 is 87.7 Å². The largest absolute Gasteiger partial charge is 1.00 e. The van der Waals surface area contributed by atoms with Crippen LogP contribution in [0.4, 0.5) is 0 Å². The SMILES string of the molecule is O=C(O)CN(CCN(CC(=O)O)CC(=O)O)CC(=O)O.[Fe].[H-].[Na+]. The van der Waals surface area contributed by atoms with Crippen LogP contribution in [0.1, 0.15) is 1.43 Å². The molecule has 0 amide bonds. The molecule has 0 atom stereocenters. The third kappa shape index (κ3) is 15.7. The van der Waals surface area contributed by atoms with Gasteiger partial charge in [0.2, 0.25) is 0 Å². The van der Waals surface area contributed by atoms with E-state index in [1.165, 1.54) is 0 Å². The number of carboxylic acids is 4. The first kappa shape index (κ1) is 26.2. The van der Waals surface area contributed by atoms with E-state index in [4.69, 9.17) is 20.4 Å². The molecule has 0 aromatic rings. The van der Waals surface area contributed by atoms with Crippen LogP contribution < -0.4 is 29.6 Å². The normalized spacial score (nSPS) is 9.73. The van der Waals surface area contributed by atoms with Crippen molar-refractivity contribution in [3.8, 4) is 0 Å². The van der Waals surface area contributed by atoms with Gasteiger partial charge in [-0.2, -0.15) is 0 Å². The van der Waals surface area contributed by atoms with Gasteiger partial charge in [-0.15, -0.1) is 0 Å². The van der Waals surface area contributed by atoms with E-state index in [0.29, 0.717) is 0 Å². The monoisotopic (exact) mass is 372 g/mol. The summed E-state index contributed by atoms with van der Waals surface area (Å²) in [5, 5.41) is 34.5. The molecule has 0 aliphatic heterocycles. The Balaban J connectivity index is -0.000000602. The molecule has 0 saturated carbocycles. The third-order valence-corrected chi connectivity index (χ3v) is 2.17. The van der Waals surface area contributed by atoms with Gasteiger partial charge < -0.3 is 21.9 Å². The number of hydrogen-bond donors (Lipinski definition) is 4. The van der Waals surface area contributed by atoms with Gasteiger partial charge in [-0.1, -0.05) is 0 Å². The van der Waals surface area contributed by atoms with Crippen LogP contribution in [0.3, 0.4) is 0 Å². The van der Waals surface area contributed by atoms with E-state index < -0.39 is 50.1 Å². The minimum absolute atomic E-state index is 0. The molecule has 0 rings (SSSR count). The molecule has 22 heavy (non-hydrogen) atoms. The first-order valence-electron chi connectivity index (χ1n) is 5.52. The summed E-state index contributed by atoms with van der Waals surface area (Å²) in [4.78, 5) is 44.4. The van der Waals surface area contributed by atoms with Crippen LogP contribution in [0.25, 0.3) is 0 Å². The fourth-order valence-corrected chi connectivity index (χ4v) is 1.48. The van der Waals surface area contributed by atoms with E-state index in [2.05, 4.69) is 0 Å². The maximum atomic E-state index is 10.6. The molecular weight excluding hydrogens is 355 g/mol. The Morgan fingerprint density at radius 2 is 0.818 bits per heavy atom. The topological polar surface area (TPSA) is 156 Å². The summed E-state index contributed by atoms with van der Waals surface area (Å²) in [5.41, 5.74) is 0.